The van der Waals surface area contributed by atoms with E-state index in [0.29, 0.717) is 37.1 Å². The number of piperidine rings is 1. The Bertz CT molecular complexity index is 836. The Labute approximate surface area is 171 Å². The third kappa shape index (κ3) is 4.21. The van der Waals surface area contributed by atoms with Gasteiger partial charge in [0.2, 0.25) is 0 Å². The Morgan fingerprint density at radius 3 is 2.48 bits per heavy atom. The second kappa shape index (κ2) is 8.80. The van der Waals surface area contributed by atoms with E-state index in [9.17, 15) is 9.59 Å². The molecular formula is C23H29N3O3. The molecule has 1 aliphatic carbocycles. The van der Waals surface area contributed by atoms with Gasteiger partial charge in [0.15, 0.2) is 11.6 Å². The fourth-order valence-electron chi connectivity index (χ4n) is 4.21. The van der Waals surface area contributed by atoms with Gasteiger partial charge in [-0.2, -0.15) is 0 Å². The average Bonchev–Trinajstić information content (AvgIpc) is 3.20. The number of carbonyl (C=O) groups is 2. The molecule has 1 aliphatic heterocycles. The zero-order valence-corrected chi connectivity index (χ0v) is 17.0. The molecule has 0 atom stereocenters. The second-order valence-electron chi connectivity index (χ2n) is 8.09. The Morgan fingerprint density at radius 1 is 1.14 bits per heavy atom. The van der Waals surface area contributed by atoms with Crippen LogP contribution in [-0.2, 0) is 0 Å². The van der Waals surface area contributed by atoms with Crippen LogP contribution in [0.2, 0.25) is 0 Å². The summed E-state index contributed by atoms with van der Waals surface area (Å²) in [6.45, 7) is 4.11. The first-order valence-electron chi connectivity index (χ1n) is 10.8. The van der Waals surface area contributed by atoms with E-state index < -0.39 is 0 Å². The molecule has 1 saturated heterocycles. The van der Waals surface area contributed by atoms with Crippen molar-refractivity contribution in [2.24, 2.45) is 0 Å². The first kappa shape index (κ1) is 19.7. The Morgan fingerprint density at radius 2 is 1.86 bits per heavy atom. The highest BCUT2D eigenvalue weighted by atomic mass is 16.3. The molecule has 1 saturated carbocycles. The molecule has 2 amide bonds. The predicted octanol–water partition coefficient (Wildman–Crippen LogP) is 4.10. The zero-order valence-electron chi connectivity index (χ0n) is 17.0. The number of amides is 2. The summed E-state index contributed by atoms with van der Waals surface area (Å²) in [6, 6.07) is 9.52. The van der Waals surface area contributed by atoms with Crippen LogP contribution in [0.4, 0.5) is 0 Å². The maximum Gasteiger partial charge on any atom is 0.276 e. The smallest absolute Gasteiger partial charge is 0.276 e. The zero-order chi connectivity index (χ0) is 20.2. The minimum Gasteiger partial charge on any atom is -0.448 e. The third-order valence-corrected chi connectivity index (χ3v) is 6.13. The molecule has 0 N–H and O–H groups in total. The molecule has 0 bridgehead atoms. The van der Waals surface area contributed by atoms with Crippen LogP contribution in [0.15, 0.2) is 41.0 Å². The number of rotatable bonds is 6. The third-order valence-electron chi connectivity index (χ3n) is 6.13. The van der Waals surface area contributed by atoms with Crippen molar-refractivity contribution in [3.63, 3.8) is 0 Å². The van der Waals surface area contributed by atoms with E-state index in [1.54, 1.807) is 0 Å². The molecule has 2 heterocycles. The lowest BCUT2D eigenvalue weighted by atomic mass is 9.85. The highest BCUT2D eigenvalue weighted by Gasteiger charge is 2.32. The van der Waals surface area contributed by atoms with Crippen molar-refractivity contribution in [3.05, 3.63) is 53.7 Å². The van der Waals surface area contributed by atoms with E-state index >= 15 is 0 Å². The lowest BCUT2D eigenvalue weighted by Gasteiger charge is -2.38. The number of aromatic nitrogens is 1. The largest absolute Gasteiger partial charge is 0.448 e. The van der Waals surface area contributed by atoms with Gasteiger partial charge in [0.25, 0.3) is 11.8 Å². The summed E-state index contributed by atoms with van der Waals surface area (Å²) in [4.78, 5) is 34.1. The van der Waals surface area contributed by atoms with Crippen molar-refractivity contribution in [3.8, 4) is 0 Å². The lowest BCUT2D eigenvalue weighted by molar-refractivity contribution is 0.0515. The average molecular weight is 396 g/mol. The summed E-state index contributed by atoms with van der Waals surface area (Å²) in [7, 11) is 0. The van der Waals surface area contributed by atoms with Gasteiger partial charge in [0.05, 0.1) is 0 Å². The van der Waals surface area contributed by atoms with Gasteiger partial charge in [0, 0.05) is 37.2 Å². The monoisotopic (exact) mass is 395 g/mol. The van der Waals surface area contributed by atoms with E-state index in [2.05, 4.69) is 11.9 Å². The first-order chi connectivity index (χ1) is 14.2. The van der Waals surface area contributed by atoms with Crippen LogP contribution in [-0.4, -0.2) is 52.3 Å². The second-order valence-corrected chi connectivity index (χ2v) is 8.09. The van der Waals surface area contributed by atoms with Crippen LogP contribution in [0.25, 0.3) is 0 Å². The summed E-state index contributed by atoms with van der Waals surface area (Å²) < 4.78 is 5.59. The van der Waals surface area contributed by atoms with Crippen molar-refractivity contribution >= 4 is 11.8 Å². The molecule has 1 aromatic heterocycles. The van der Waals surface area contributed by atoms with E-state index in [-0.39, 0.29) is 17.9 Å². The summed E-state index contributed by atoms with van der Waals surface area (Å²) in [5.74, 6) is 1.11. The first-order valence-corrected chi connectivity index (χ1v) is 10.8. The highest BCUT2D eigenvalue weighted by molar-refractivity contribution is 5.94. The SMILES string of the molecule is CCCN(C(=O)c1coc(C2CCC2)n1)C1CCN(C(=O)c2ccccc2)CC1. The van der Waals surface area contributed by atoms with Crippen LogP contribution in [0.5, 0.6) is 0 Å². The maximum atomic E-state index is 13.1. The van der Waals surface area contributed by atoms with Gasteiger partial charge in [-0.25, -0.2) is 4.98 Å². The number of hydrogen-bond acceptors (Lipinski definition) is 4. The molecule has 0 spiro atoms. The fraction of sp³-hybridized carbons (Fsp3) is 0.522. The molecule has 0 unspecified atom stereocenters. The fourth-order valence-corrected chi connectivity index (χ4v) is 4.21. The highest BCUT2D eigenvalue weighted by Crippen LogP contribution is 2.35. The van der Waals surface area contributed by atoms with Crippen molar-refractivity contribution in [1.29, 1.82) is 0 Å². The van der Waals surface area contributed by atoms with Crippen LogP contribution in [0, 0.1) is 0 Å². The minimum atomic E-state index is -0.0472. The van der Waals surface area contributed by atoms with Crippen molar-refractivity contribution in [2.45, 2.75) is 57.4 Å². The molecule has 2 aromatic rings. The number of hydrogen-bond donors (Lipinski definition) is 0. The molecule has 0 radical (unpaired) electrons. The summed E-state index contributed by atoms with van der Waals surface area (Å²) >= 11 is 0. The van der Waals surface area contributed by atoms with Gasteiger partial charge in [-0.05, 0) is 44.2 Å². The topological polar surface area (TPSA) is 66.7 Å². The molecule has 154 valence electrons. The molecule has 6 heteroatoms. The molecule has 29 heavy (non-hydrogen) atoms. The number of carbonyl (C=O) groups excluding carboxylic acids is 2. The standard InChI is InChI=1S/C23H29N3O3/c1-2-13-26(23(28)20-16-29-21(24-20)17-9-6-10-17)19-11-14-25(15-12-19)22(27)18-7-4-3-5-8-18/h3-5,7-8,16-17,19H,2,6,9-15H2,1H3. The van der Waals surface area contributed by atoms with Gasteiger partial charge in [-0.1, -0.05) is 31.5 Å². The molecule has 1 aromatic carbocycles. The molecule has 2 fully saturated rings. The van der Waals surface area contributed by atoms with E-state index in [1.807, 2.05) is 40.1 Å². The Balaban J connectivity index is 1.39. The summed E-state index contributed by atoms with van der Waals surface area (Å²) in [6.07, 6.45) is 7.39. The van der Waals surface area contributed by atoms with Gasteiger partial charge in [-0.3, -0.25) is 9.59 Å². The Hall–Kier alpha value is -2.63. The van der Waals surface area contributed by atoms with Gasteiger partial charge in [0.1, 0.15) is 6.26 Å². The van der Waals surface area contributed by atoms with E-state index in [1.165, 1.54) is 12.7 Å². The quantitative estimate of drug-likeness (QED) is 0.739. The summed E-state index contributed by atoms with van der Waals surface area (Å²) in [5.41, 5.74) is 1.14. The van der Waals surface area contributed by atoms with E-state index in [4.69, 9.17) is 4.42 Å². The minimum absolute atomic E-state index is 0.0472. The number of nitrogens with zero attached hydrogens (tertiary/aromatic N) is 3. The molecule has 4 rings (SSSR count). The van der Waals surface area contributed by atoms with E-state index in [0.717, 1.165) is 37.7 Å². The lowest BCUT2D eigenvalue weighted by Crippen LogP contribution is -2.49. The van der Waals surface area contributed by atoms with Crippen LogP contribution in [0.1, 0.15) is 78.1 Å². The van der Waals surface area contributed by atoms with Crippen LogP contribution < -0.4 is 0 Å². The van der Waals surface area contributed by atoms with Gasteiger partial charge in [-0.15, -0.1) is 0 Å². The van der Waals surface area contributed by atoms with Crippen LogP contribution >= 0.6 is 0 Å². The Kier molecular flexibility index (Phi) is 5.97. The number of benzene rings is 1. The molecule has 6 nitrogen and oxygen atoms in total. The summed E-state index contributed by atoms with van der Waals surface area (Å²) in [5, 5.41) is 0. The van der Waals surface area contributed by atoms with Gasteiger partial charge < -0.3 is 14.2 Å². The molecular weight excluding hydrogens is 366 g/mol. The van der Waals surface area contributed by atoms with Crippen molar-refractivity contribution < 1.29 is 14.0 Å². The molecule has 2 aliphatic rings. The maximum absolute atomic E-state index is 13.1. The normalized spacial score (nSPS) is 17.8. The number of likely N-dealkylation sites (tertiary alicyclic amines) is 1. The van der Waals surface area contributed by atoms with Crippen LogP contribution in [0.3, 0.4) is 0 Å². The predicted molar refractivity (Wildman–Crippen MR) is 110 cm³/mol. The van der Waals surface area contributed by atoms with Gasteiger partial charge >= 0.3 is 0 Å². The number of oxazole rings is 1. The van der Waals surface area contributed by atoms with Crippen molar-refractivity contribution in [2.75, 3.05) is 19.6 Å². The van der Waals surface area contributed by atoms with Crippen molar-refractivity contribution in [1.82, 2.24) is 14.8 Å².